The van der Waals surface area contributed by atoms with Crippen LogP contribution in [0.15, 0.2) is 34.9 Å². The van der Waals surface area contributed by atoms with Crippen LogP contribution in [0.25, 0.3) is 22.8 Å². The number of carbonyl (C=O) groups is 1. The van der Waals surface area contributed by atoms with E-state index >= 15 is 0 Å². The van der Waals surface area contributed by atoms with Crippen LogP contribution in [-0.4, -0.2) is 39.4 Å². The highest BCUT2D eigenvalue weighted by atomic mass is 16.6. The number of aromatic nitrogens is 2. The van der Waals surface area contributed by atoms with Crippen LogP contribution in [0, 0.1) is 18.3 Å². The molecule has 2 heterocycles. The molecule has 1 aliphatic rings. The van der Waals surface area contributed by atoms with Crippen molar-refractivity contribution in [3.05, 3.63) is 52.6 Å². The molecule has 0 bridgehead atoms. The lowest BCUT2D eigenvalue weighted by Crippen LogP contribution is -2.40. The number of amides is 1. The van der Waals surface area contributed by atoms with Gasteiger partial charge in [-0.05, 0) is 82.9 Å². The predicted molar refractivity (Wildman–Crippen MR) is 131 cm³/mol. The van der Waals surface area contributed by atoms with E-state index in [1.165, 1.54) is 5.56 Å². The molecule has 8 heteroatoms. The van der Waals surface area contributed by atoms with E-state index in [-0.39, 0.29) is 12.2 Å². The molecule has 0 spiro atoms. The van der Waals surface area contributed by atoms with Gasteiger partial charge in [0.25, 0.3) is 5.89 Å². The Balaban J connectivity index is 1.57. The molecule has 4 rings (SSSR count). The molecule has 0 fully saturated rings. The lowest BCUT2D eigenvalue weighted by atomic mass is 9.91. The van der Waals surface area contributed by atoms with Crippen molar-refractivity contribution in [3.8, 4) is 34.7 Å². The van der Waals surface area contributed by atoms with Crippen LogP contribution >= 0.6 is 0 Å². The maximum Gasteiger partial charge on any atom is 0.410 e. The molecule has 0 saturated heterocycles. The molecule has 1 amide bonds. The minimum absolute atomic E-state index is 0.0360. The van der Waals surface area contributed by atoms with Crippen LogP contribution in [-0.2, 0) is 17.7 Å². The predicted octanol–water partition coefficient (Wildman–Crippen LogP) is 5.66. The monoisotopic (exact) mass is 474 g/mol. The summed E-state index contributed by atoms with van der Waals surface area (Å²) in [6.07, 6.45) is 0.391. The van der Waals surface area contributed by atoms with Crippen LogP contribution in [0.2, 0.25) is 0 Å². The Morgan fingerprint density at radius 2 is 2.00 bits per heavy atom. The van der Waals surface area contributed by atoms with Gasteiger partial charge in [0.05, 0.1) is 11.7 Å². The number of ether oxygens (including phenoxy) is 2. The van der Waals surface area contributed by atoms with Crippen molar-refractivity contribution >= 4 is 6.09 Å². The fourth-order valence-corrected chi connectivity index (χ4v) is 4.12. The minimum Gasteiger partial charge on any atom is -0.490 e. The minimum atomic E-state index is -0.525. The van der Waals surface area contributed by atoms with Gasteiger partial charge in [-0.25, -0.2) is 4.79 Å². The largest absolute Gasteiger partial charge is 0.490 e. The molecule has 0 atom stereocenters. The topological polar surface area (TPSA) is 101 Å². The lowest BCUT2D eigenvalue weighted by molar-refractivity contribution is 0.0223. The third-order valence-corrected chi connectivity index (χ3v) is 5.72. The van der Waals surface area contributed by atoms with Crippen LogP contribution in [0.3, 0.4) is 0 Å². The first kappa shape index (κ1) is 24.3. The van der Waals surface area contributed by atoms with Gasteiger partial charge in [-0.15, -0.1) is 0 Å². The van der Waals surface area contributed by atoms with E-state index < -0.39 is 5.60 Å². The van der Waals surface area contributed by atoms with Crippen LogP contribution in [0.1, 0.15) is 56.9 Å². The number of rotatable bonds is 4. The van der Waals surface area contributed by atoms with Gasteiger partial charge in [-0.3, -0.25) is 0 Å². The number of fused-ring (bicyclic) bond motifs is 1. The highest BCUT2D eigenvalue weighted by molar-refractivity contribution is 5.70. The summed E-state index contributed by atoms with van der Waals surface area (Å²) in [5.41, 5.74) is 4.77. The maximum atomic E-state index is 12.5. The summed E-state index contributed by atoms with van der Waals surface area (Å²) in [4.78, 5) is 18.8. The standard InChI is InChI=1S/C27H30N4O4/c1-16(2)33-23-10-8-18(13-20(23)14-28)25-29-24(30-35-25)22-9-7-19-15-31(12-11-21(19)17(22)3)26(32)34-27(4,5)6/h7-10,13,16H,11-12,15H2,1-6H3. The zero-order valence-electron chi connectivity index (χ0n) is 21.0. The summed E-state index contributed by atoms with van der Waals surface area (Å²) in [6.45, 7) is 12.6. The molecule has 1 aromatic heterocycles. The van der Waals surface area contributed by atoms with Crippen molar-refractivity contribution in [2.24, 2.45) is 0 Å². The summed E-state index contributed by atoms with van der Waals surface area (Å²) < 4.78 is 16.8. The molecule has 182 valence electrons. The molecule has 8 nitrogen and oxygen atoms in total. The first-order valence-electron chi connectivity index (χ1n) is 11.7. The van der Waals surface area contributed by atoms with E-state index in [1.807, 2.05) is 53.7 Å². The molecule has 1 aliphatic heterocycles. The summed E-state index contributed by atoms with van der Waals surface area (Å²) in [7, 11) is 0. The van der Waals surface area contributed by atoms with Crippen molar-refractivity contribution in [2.45, 2.75) is 66.2 Å². The van der Waals surface area contributed by atoms with Gasteiger partial charge >= 0.3 is 6.09 Å². The lowest BCUT2D eigenvalue weighted by Gasteiger charge is -2.32. The van der Waals surface area contributed by atoms with Gasteiger partial charge in [-0.1, -0.05) is 17.3 Å². The molecular formula is C27H30N4O4. The number of hydrogen-bond acceptors (Lipinski definition) is 7. The number of carbonyl (C=O) groups excluding carboxylic acids is 1. The Morgan fingerprint density at radius 3 is 2.69 bits per heavy atom. The second-order valence-corrected chi connectivity index (χ2v) is 9.94. The zero-order valence-corrected chi connectivity index (χ0v) is 21.0. The van der Waals surface area contributed by atoms with Crippen molar-refractivity contribution in [2.75, 3.05) is 6.54 Å². The summed E-state index contributed by atoms with van der Waals surface area (Å²) in [6, 6.07) is 11.4. The number of hydrogen-bond donors (Lipinski definition) is 0. The summed E-state index contributed by atoms with van der Waals surface area (Å²) in [5.74, 6) is 1.34. The molecule has 3 aromatic rings. The van der Waals surface area contributed by atoms with Crippen molar-refractivity contribution in [3.63, 3.8) is 0 Å². The maximum absolute atomic E-state index is 12.5. The number of benzene rings is 2. The van der Waals surface area contributed by atoms with Gasteiger partial charge in [0.15, 0.2) is 0 Å². The zero-order chi connectivity index (χ0) is 25.3. The normalized spacial score (nSPS) is 13.4. The van der Waals surface area contributed by atoms with E-state index in [9.17, 15) is 10.1 Å². The van der Waals surface area contributed by atoms with Gasteiger partial charge in [-0.2, -0.15) is 10.2 Å². The molecular weight excluding hydrogens is 444 g/mol. The smallest absolute Gasteiger partial charge is 0.410 e. The summed E-state index contributed by atoms with van der Waals surface area (Å²) >= 11 is 0. The summed E-state index contributed by atoms with van der Waals surface area (Å²) in [5, 5.41) is 13.7. The van der Waals surface area contributed by atoms with Crippen LogP contribution in [0.4, 0.5) is 4.79 Å². The second-order valence-electron chi connectivity index (χ2n) is 9.94. The van der Waals surface area contributed by atoms with E-state index in [1.54, 1.807) is 23.1 Å². The second kappa shape index (κ2) is 9.41. The fraction of sp³-hybridized carbons (Fsp3) is 0.407. The molecule has 35 heavy (non-hydrogen) atoms. The molecule has 0 saturated carbocycles. The Morgan fingerprint density at radius 1 is 1.23 bits per heavy atom. The highest BCUT2D eigenvalue weighted by Crippen LogP contribution is 2.32. The quantitative estimate of drug-likeness (QED) is 0.480. The van der Waals surface area contributed by atoms with Gasteiger partial charge in [0.1, 0.15) is 17.4 Å². The first-order valence-corrected chi connectivity index (χ1v) is 11.7. The first-order chi connectivity index (χ1) is 16.6. The Hall–Kier alpha value is -3.86. The molecule has 0 N–H and O–H groups in total. The molecule has 0 aliphatic carbocycles. The molecule has 0 radical (unpaired) electrons. The van der Waals surface area contributed by atoms with Gasteiger partial charge in [0, 0.05) is 24.2 Å². The average molecular weight is 475 g/mol. The van der Waals surface area contributed by atoms with Crippen LogP contribution < -0.4 is 4.74 Å². The van der Waals surface area contributed by atoms with E-state index in [0.29, 0.717) is 41.7 Å². The van der Waals surface area contributed by atoms with E-state index in [0.717, 1.165) is 23.1 Å². The van der Waals surface area contributed by atoms with Crippen LogP contribution in [0.5, 0.6) is 5.75 Å². The average Bonchev–Trinajstić information content (AvgIpc) is 3.28. The third kappa shape index (κ3) is 5.29. The molecule has 0 unspecified atom stereocenters. The van der Waals surface area contributed by atoms with E-state index in [4.69, 9.17) is 14.0 Å². The molecule has 2 aromatic carbocycles. The number of nitriles is 1. The van der Waals surface area contributed by atoms with Gasteiger partial charge in [0.2, 0.25) is 5.82 Å². The highest BCUT2D eigenvalue weighted by Gasteiger charge is 2.27. The Kier molecular flexibility index (Phi) is 6.53. The van der Waals surface area contributed by atoms with Crippen molar-refractivity contribution < 1.29 is 18.8 Å². The Labute approximate surface area is 205 Å². The third-order valence-electron chi connectivity index (χ3n) is 5.72. The Bertz CT molecular complexity index is 1300. The van der Waals surface area contributed by atoms with E-state index in [2.05, 4.69) is 16.2 Å². The van der Waals surface area contributed by atoms with Gasteiger partial charge < -0.3 is 18.9 Å². The SMILES string of the molecule is Cc1c(-c2noc(-c3ccc(OC(C)C)c(C#N)c3)n2)ccc2c1CCN(C(=O)OC(C)(C)C)C2. The number of nitrogens with zero attached hydrogens (tertiary/aromatic N) is 4. The van der Waals surface area contributed by atoms with Crippen molar-refractivity contribution in [1.29, 1.82) is 5.26 Å². The fourth-order valence-electron chi connectivity index (χ4n) is 4.12. The van der Waals surface area contributed by atoms with Crippen molar-refractivity contribution in [1.82, 2.24) is 15.0 Å².